The Labute approximate surface area is 137 Å². The largest absolute Gasteiger partial charge is 0.417 e. The highest BCUT2D eigenvalue weighted by Gasteiger charge is 2.39. The molecule has 1 aromatic rings. The van der Waals surface area contributed by atoms with Crippen LogP contribution in [0.2, 0.25) is 5.02 Å². The fourth-order valence-electron chi connectivity index (χ4n) is 3.58. The third-order valence-corrected chi connectivity index (χ3v) is 5.13. The van der Waals surface area contributed by atoms with Gasteiger partial charge < -0.3 is 10.6 Å². The number of fused-ring (bicyclic) bond motifs is 2. The summed E-state index contributed by atoms with van der Waals surface area (Å²) in [5, 5.41) is 6.12. The van der Waals surface area contributed by atoms with Gasteiger partial charge in [0.15, 0.2) is 5.11 Å². The van der Waals surface area contributed by atoms with Crippen LogP contribution in [0.5, 0.6) is 0 Å². The average Bonchev–Trinajstić information content (AvgIpc) is 3.02. The van der Waals surface area contributed by atoms with Gasteiger partial charge in [-0.3, -0.25) is 0 Å². The van der Waals surface area contributed by atoms with Crippen LogP contribution in [0, 0.1) is 11.8 Å². The van der Waals surface area contributed by atoms with E-state index in [9.17, 15) is 13.2 Å². The minimum absolute atomic E-state index is 0.289. The lowest BCUT2D eigenvalue weighted by atomic mass is 9.96. The SMILES string of the molecule is FC(F)(F)c1cc(NC(=S)N[C@@H]2C[C@H]3CC[C@@H]2C3)ccc1Cl. The molecule has 0 saturated heterocycles. The molecule has 0 aromatic heterocycles. The summed E-state index contributed by atoms with van der Waals surface area (Å²) in [5.74, 6) is 1.42. The Bertz CT molecular complexity index is 591. The van der Waals surface area contributed by atoms with Crippen molar-refractivity contribution in [2.75, 3.05) is 5.32 Å². The van der Waals surface area contributed by atoms with Gasteiger partial charge in [-0.05, 0) is 61.5 Å². The van der Waals surface area contributed by atoms with Crippen LogP contribution in [0.15, 0.2) is 18.2 Å². The number of alkyl halides is 3. The first kappa shape index (κ1) is 15.9. The molecule has 7 heteroatoms. The lowest BCUT2D eigenvalue weighted by Gasteiger charge is -2.24. The molecule has 2 aliphatic carbocycles. The maximum absolute atomic E-state index is 12.8. The topological polar surface area (TPSA) is 24.1 Å². The summed E-state index contributed by atoms with van der Waals surface area (Å²) in [4.78, 5) is 0. The van der Waals surface area contributed by atoms with Crippen LogP contribution in [-0.4, -0.2) is 11.2 Å². The minimum atomic E-state index is -4.48. The Hall–Kier alpha value is -1.01. The van der Waals surface area contributed by atoms with Crippen molar-refractivity contribution in [1.82, 2.24) is 5.32 Å². The smallest absolute Gasteiger partial charge is 0.359 e. The summed E-state index contributed by atoms with van der Waals surface area (Å²) in [7, 11) is 0. The average molecular weight is 349 g/mol. The van der Waals surface area contributed by atoms with Crippen LogP contribution in [0.25, 0.3) is 0 Å². The molecule has 2 bridgehead atoms. The number of nitrogens with one attached hydrogen (secondary N) is 2. The predicted molar refractivity (Wildman–Crippen MR) is 85.0 cm³/mol. The Morgan fingerprint density at radius 1 is 1.23 bits per heavy atom. The third kappa shape index (κ3) is 3.33. The number of anilines is 1. The van der Waals surface area contributed by atoms with Crippen molar-refractivity contribution >= 4 is 34.6 Å². The first-order chi connectivity index (χ1) is 10.3. The number of benzene rings is 1. The standard InChI is InChI=1S/C15H16ClF3N2S/c16-12-4-3-10(7-11(12)15(17,18)19)20-14(22)21-13-6-8-1-2-9(13)5-8/h3-4,7-9,13H,1-2,5-6H2,(H2,20,21,22)/t8-,9+,13+/m0/s1. The normalized spacial score (nSPS) is 27.0. The number of rotatable bonds is 2. The lowest BCUT2D eigenvalue weighted by molar-refractivity contribution is -0.137. The van der Waals surface area contributed by atoms with Crippen LogP contribution >= 0.6 is 23.8 Å². The quantitative estimate of drug-likeness (QED) is 0.748. The summed E-state index contributed by atoms with van der Waals surface area (Å²) in [6.45, 7) is 0. The van der Waals surface area contributed by atoms with Gasteiger partial charge in [0.25, 0.3) is 0 Å². The van der Waals surface area contributed by atoms with E-state index in [1.165, 1.54) is 31.4 Å². The van der Waals surface area contributed by atoms with Crippen molar-refractivity contribution in [2.24, 2.45) is 11.8 Å². The molecule has 2 aliphatic rings. The van der Waals surface area contributed by atoms with Gasteiger partial charge in [0, 0.05) is 11.7 Å². The van der Waals surface area contributed by atoms with Gasteiger partial charge in [-0.1, -0.05) is 18.0 Å². The second kappa shape index (κ2) is 5.89. The molecular weight excluding hydrogens is 333 g/mol. The zero-order chi connectivity index (χ0) is 15.9. The van der Waals surface area contributed by atoms with Gasteiger partial charge >= 0.3 is 6.18 Å². The molecular formula is C15H16ClF3N2S. The zero-order valence-electron chi connectivity index (χ0n) is 11.7. The molecule has 2 saturated carbocycles. The Balaban J connectivity index is 1.64. The van der Waals surface area contributed by atoms with Gasteiger partial charge in [0.05, 0.1) is 10.6 Å². The molecule has 3 atom stereocenters. The van der Waals surface area contributed by atoms with E-state index < -0.39 is 11.7 Å². The molecule has 0 unspecified atom stereocenters. The van der Waals surface area contributed by atoms with Crippen molar-refractivity contribution in [1.29, 1.82) is 0 Å². The molecule has 0 spiro atoms. The molecule has 0 amide bonds. The summed E-state index contributed by atoms with van der Waals surface area (Å²) in [5.41, 5.74) is -0.570. The fourth-order valence-corrected chi connectivity index (χ4v) is 4.07. The van der Waals surface area contributed by atoms with Crippen molar-refractivity contribution in [3.8, 4) is 0 Å². The van der Waals surface area contributed by atoms with E-state index in [1.54, 1.807) is 0 Å². The Morgan fingerprint density at radius 3 is 2.59 bits per heavy atom. The molecule has 3 rings (SSSR count). The van der Waals surface area contributed by atoms with Crippen molar-refractivity contribution < 1.29 is 13.2 Å². The van der Waals surface area contributed by atoms with Gasteiger partial charge in [0.1, 0.15) is 0 Å². The molecule has 120 valence electrons. The second-order valence-corrected chi connectivity index (χ2v) is 6.89. The molecule has 2 nitrogen and oxygen atoms in total. The van der Waals surface area contributed by atoms with E-state index in [4.69, 9.17) is 23.8 Å². The van der Waals surface area contributed by atoms with E-state index in [1.807, 2.05) is 0 Å². The zero-order valence-corrected chi connectivity index (χ0v) is 13.3. The highest BCUT2D eigenvalue weighted by Crippen LogP contribution is 2.44. The van der Waals surface area contributed by atoms with E-state index in [0.717, 1.165) is 18.4 Å². The highest BCUT2D eigenvalue weighted by atomic mass is 35.5. The monoisotopic (exact) mass is 348 g/mol. The van der Waals surface area contributed by atoms with E-state index in [0.29, 0.717) is 17.1 Å². The van der Waals surface area contributed by atoms with E-state index >= 15 is 0 Å². The predicted octanol–water partition coefficient (Wildman–Crippen LogP) is 4.83. The number of thiocarbonyl (C=S) groups is 1. The summed E-state index contributed by atoms with van der Waals surface area (Å²) >= 11 is 10.8. The molecule has 2 N–H and O–H groups in total. The van der Waals surface area contributed by atoms with Gasteiger partial charge in [-0.15, -0.1) is 0 Å². The minimum Gasteiger partial charge on any atom is -0.359 e. The fraction of sp³-hybridized carbons (Fsp3) is 0.533. The van der Waals surface area contributed by atoms with Gasteiger partial charge in [-0.25, -0.2) is 0 Å². The summed E-state index contributed by atoms with van der Waals surface area (Å²) in [6, 6.07) is 4.05. The molecule has 0 heterocycles. The van der Waals surface area contributed by atoms with Crippen LogP contribution < -0.4 is 10.6 Å². The molecule has 0 aliphatic heterocycles. The lowest BCUT2D eigenvalue weighted by Crippen LogP contribution is -2.40. The third-order valence-electron chi connectivity index (χ3n) is 4.58. The number of halogens is 4. The molecule has 2 fully saturated rings. The Kier molecular flexibility index (Phi) is 4.25. The number of hydrogen-bond donors (Lipinski definition) is 2. The highest BCUT2D eigenvalue weighted by molar-refractivity contribution is 7.80. The maximum atomic E-state index is 12.8. The van der Waals surface area contributed by atoms with E-state index in [-0.39, 0.29) is 10.7 Å². The van der Waals surface area contributed by atoms with Crippen LogP contribution in [0.3, 0.4) is 0 Å². The van der Waals surface area contributed by atoms with Crippen LogP contribution in [0.4, 0.5) is 18.9 Å². The number of hydrogen-bond acceptors (Lipinski definition) is 1. The van der Waals surface area contributed by atoms with Crippen LogP contribution in [0.1, 0.15) is 31.2 Å². The van der Waals surface area contributed by atoms with Crippen molar-refractivity contribution in [2.45, 2.75) is 37.9 Å². The Morgan fingerprint density at radius 2 is 2.00 bits per heavy atom. The van der Waals surface area contributed by atoms with Crippen molar-refractivity contribution in [3.05, 3.63) is 28.8 Å². The summed E-state index contributed by atoms with van der Waals surface area (Å²) in [6.07, 6.45) is 0.355. The van der Waals surface area contributed by atoms with Gasteiger partial charge in [0.2, 0.25) is 0 Å². The molecule has 1 aromatic carbocycles. The van der Waals surface area contributed by atoms with Crippen LogP contribution in [-0.2, 0) is 6.18 Å². The first-order valence-corrected chi connectivity index (χ1v) is 8.06. The second-order valence-electron chi connectivity index (χ2n) is 6.07. The van der Waals surface area contributed by atoms with Gasteiger partial charge in [-0.2, -0.15) is 13.2 Å². The summed E-state index contributed by atoms with van der Waals surface area (Å²) < 4.78 is 38.5. The molecule has 0 radical (unpaired) electrons. The molecule has 22 heavy (non-hydrogen) atoms. The van der Waals surface area contributed by atoms with Crippen molar-refractivity contribution in [3.63, 3.8) is 0 Å². The first-order valence-electron chi connectivity index (χ1n) is 7.27. The van der Waals surface area contributed by atoms with E-state index in [2.05, 4.69) is 10.6 Å². The maximum Gasteiger partial charge on any atom is 0.417 e.